The quantitative estimate of drug-likeness (QED) is 0.469. The molecule has 5 heterocycles. The third-order valence-corrected chi connectivity index (χ3v) is 6.45. The number of anilines is 1. The molecule has 1 atom stereocenters. The lowest BCUT2D eigenvalue weighted by Crippen LogP contribution is -2.57. The van der Waals surface area contributed by atoms with Crippen molar-refractivity contribution in [3.63, 3.8) is 0 Å². The standard InChI is InChI=1S/C23H22FN7O3/c1-25-21(32)16-2-3-19-23(28-16)34-12-14-11-29(6-7-30(14)19)10-13-8-15(24)20-17(9-13)27-22(33)18-4-5-26-31(18)20/h2-5,8-9,14H,6-7,10-12H2,1H3,(H,25,32)(H,27,33)/t14-/m1/s1. The Morgan fingerprint density at radius 3 is 3.03 bits per heavy atom. The largest absolute Gasteiger partial charge is 0.474 e. The van der Waals surface area contributed by atoms with Crippen molar-refractivity contribution in [2.24, 2.45) is 0 Å². The van der Waals surface area contributed by atoms with Crippen LogP contribution in [0.5, 0.6) is 5.88 Å². The van der Waals surface area contributed by atoms with E-state index in [1.54, 1.807) is 19.2 Å². The Kier molecular flexibility index (Phi) is 4.73. The first-order valence-electron chi connectivity index (χ1n) is 11.0. The fourth-order valence-corrected chi connectivity index (χ4v) is 4.87. The third-order valence-electron chi connectivity index (χ3n) is 6.45. The van der Waals surface area contributed by atoms with Crippen molar-refractivity contribution in [1.29, 1.82) is 0 Å². The Balaban J connectivity index is 1.23. The van der Waals surface area contributed by atoms with E-state index >= 15 is 4.39 Å². The summed E-state index contributed by atoms with van der Waals surface area (Å²) in [5, 5.41) is 6.67. The molecule has 10 nitrogen and oxygen atoms in total. The molecule has 1 saturated heterocycles. The number of benzene rings is 1. The summed E-state index contributed by atoms with van der Waals surface area (Å²) in [7, 11) is 1.57. The topological polar surface area (TPSA) is 108 Å². The zero-order valence-corrected chi connectivity index (χ0v) is 18.4. The summed E-state index contributed by atoms with van der Waals surface area (Å²) in [6.07, 6.45) is 1.48. The second-order valence-electron chi connectivity index (χ2n) is 8.55. The number of aromatic amines is 1. The third kappa shape index (κ3) is 3.27. The molecule has 4 aromatic rings. The van der Waals surface area contributed by atoms with Gasteiger partial charge in [-0.15, -0.1) is 0 Å². The molecular formula is C23H22FN7O3. The Hall–Kier alpha value is -3.99. The number of amides is 1. The molecule has 34 heavy (non-hydrogen) atoms. The van der Waals surface area contributed by atoms with Crippen LogP contribution in [-0.4, -0.2) is 69.7 Å². The molecule has 174 valence electrons. The average molecular weight is 463 g/mol. The van der Waals surface area contributed by atoms with Crippen LogP contribution in [0.15, 0.2) is 41.3 Å². The van der Waals surface area contributed by atoms with Crippen molar-refractivity contribution in [1.82, 2.24) is 29.8 Å². The highest BCUT2D eigenvalue weighted by atomic mass is 19.1. The van der Waals surface area contributed by atoms with Crippen molar-refractivity contribution < 1.29 is 13.9 Å². The number of carbonyl (C=O) groups excluding carboxylic acids is 1. The molecule has 11 heteroatoms. The van der Waals surface area contributed by atoms with Crippen molar-refractivity contribution in [2.45, 2.75) is 12.6 Å². The maximum atomic E-state index is 15.0. The number of nitrogens with zero attached hydrogens (tertiary/aromatic N) is 5. The monoisotopic (exact) mass is 463 g/mol. The lowest BCUT2D eigenvalue weighted by atomic mass is 10.1. The van der Waals surface area contributed by atoms with Crippen molar-refractivity contribution in [2.75, 3.05) is 38.2 Å². The normalized spacial score (nSPS) is 17.9. The van der Waals surface area contributed by atoms with Crippen LogP contribution in [0.2, 0.25) is 0 Å². The highest BCUT2D eigenvalue weighted by molar-refractivity contribution is 5.92. The Bertz CT molecular complexity index is 1500. The highest BCUT2D eigenvalue weighted by Gasteiger charge is 2.34. The van der Waals surface area contributed by atoms with Gasteiger partial charge in [-0.1, -0.05) is 0 Å². The molecule has 0 aliphatic carbocycles. The molecule has 2 aliphatic heterocycles. The van der Waals surface area contributed by atoms with Gasteiger partial charge in [0.2, 0.25) is 5.88 Å². The minimum absolute atomic E-state index is 0.114. The first-order valence-corrected chi connectivity index (χ1v) is 11.0. The van der Waals surface area contributed by atoms with Crippen LogP contribution < -0.4 is 20.5 Å². The summed E-state index contributed by atoms with van der Waals surface area (Å²) in [6.45, 7) is 3.23. The van der Waals surface area contributed by atoms with Gasteiger partial charge in [0.05, 0.1) is 17.8 Å². The van der Waals surface area contributed by atoms with E-state index in [4.69, 9.17) is 4.74 Å². The molecular weight excluding hydrogens is 441 g/mol. The summed E-state index contributed by atoms with van der Waals surface area (Å²) >= 11 is 0. The minimum Gasteiger partial charge on any atom is -0.474 e. The molecule has 2 N–H and O–H groups in total. The van der Waals surface area contributed by atoms with Gasteiger partial charge in [0.25, 0.3) is 11.5 Å². The number of fused-ring (bicyclic) bond motifs is 6. The molecule has 0 radical (unpaired) electrons. The van der Waals surface area contributed by atoms with Crippen LogP contribution in [0.4, 0.5) is 10.1 Å². The van der Waals surface area contributed by atoms with Gasteiger partial charge >= 0.3 is 0 Å². The number of halogens is 1. The number of rotatable bonds is 3. The van der Waals surface area contributed by atoms with Gasteiger partial charge in [-0.3, -0.25) is 14.5 Å². The summed E-state index contributed by atoms with van der Waals surface area (Å²) < 4.78 is 22.2. The number of pyridine rings is 1. The van der Waals surface area contributed by atoms with Gasteiger partial charge in [-0.25, -0.2) is 13.9 Å². The van der Waals surface area contributed by atoms with Crippen LogP contribution in [0, 0.1) is 5.82 Å². The number of nitrogens with one attached hydrogen (secondary N) is 2. The molecule has 3 aromatic heterocycles. The van der Waals surface area contributed by atoms with E-state index in [9.17, 15) is 9.59 Å². The van der Waals surface area contributed by atoms with Crippen LogP contribution in [0.25, 0.3) is 16.6 Å². The second kappa shape index (κ2) is 7.80. The van der Waals surface area contributed by atoms with Gasteiger partial charge in [0.15, 0.2) is 5.82 Å². The van der Waals surface area contributed by atoms with E-state index in [1.165, 1.54) is 16.8 Å². The van der Waals surface area contributed by atoms with Crippen LogP contribution in [0.1, 0.15) is 16.1 Å². The molecule has 0 spiro atoms. The molecule has 0 unspecified atom stereocenters. The van der Waals surface area contributed by atoms with Gasteiger partial charge in [-0.05, 0) is 35.9 Å². The van der Waals surface area contributed by atoms with E-state index < -0.39 is 5.82 Å². The summed E-state index contributed by atoms with van der Waals surface area (Å²) in [5.41, 5.74) is 2.65. The summed E-state index contributed by atoms with van der Waals surface area (Å²) in [5.74, 6) is -0.212. The molecule has 2 aliphatic rings. The smallest absolute Gasteiger partial charge is 0.274 e. The molecule has 0 bridgehead atoms. The second-order valence-corrected chi connectivity index (χ2v) is 8.55. The first-order chi connectivity index (χ1) is 16.5. The fourth-order valence-electron chi connectivity index (χ4n) is 4.87. The Morgan fingerprint density at radius 1 is 1.29 bits per heavy atom. The highest BCUT2D eigenvalue weighted by Crippen LogP contribution is 2.34. The maximum Gasteiger partial charge on any atom is 0.274 e. The van der Waals surface area contributed by atoms with E-state index in [0.29, 0.717) is 35.8 Å². The maximum absolute atomic E-state index is 15.0. The predicted molar refractivity (Wildman–Crippen MR) is 123 cm³/mol. The Morgan fingerprint density at radius 2 is 2.18 bits per heavy atom. The number of ether oxygens (including phenoxy) is 1. The summed E-state index contributed by atoms with van der Waals surface area (Å²) in [4.78, 5) is 35.8. The SMILES string of the molecule is CNC(=O)c1ccc2c(n1)OC[C@H]1CN(Cc3cc(F)c4c(c3)[nH]c(=O)c3ccnn34)CCN21. The van der Waals surface area contributed by atoms with E-state index in [2.05, 4.69) is 30.2 Å². The van der Waals surface area contributed by atoms with Crippen LogP contribution >= 0.6 is 0 Å². The van der Waals surface area contributed by atoms with Crippen molar-refractivity contribution >= 4 is 28.1 Å². The molecule has 6 rings (SSSR count). The lowest BCUT2D eigenvalue weighted by molar-refractivity contribution is 0.0956. The number of hydrogen-bond donors (Lipinski definition) is 2. The van der Waals surface area contributed by atoms with Crippen LogP contribution in [0.3, 0.4) is 0 Å². The van der Waals surface area contributed by atoms with E-state index in [1.807, 2.05) is 12.1 Å². The van der Waals surface area contributed by atoms with Crippen LogP contribution in [-0.2, 0) is 6.54 Å². The number of H-pyrrole nitrogens is 1. The fraction of sp³-hybridized carbons (Fsp3) is 0.304. The van der Waals surface area contributed by atoms with Gasteiger partial charge < -0.3 is 19.9 Å². The van der Waals surface area contributed by atoms with Gasteiger partial charge in [0.1, 0.15) is 29.0 Å². The summed E-state index contributed by atoms with van der Waals surface area (Å²) in [6, 6.07) is 8.56. The van der Waals surface area contributed by atoms with E-state index in [-0.39, 0.29) is 23.0 Å². The first kappa shape index (κ1) is 20.6. The van der Waals surface area contributed by atoms with Crippen molar-refractivity contribution in [3.8, 4) is 5.88 Å². The van der Waals surface area contributed by atoms with Gasteiger partial charge in [-0.2, -0.15) is 5.10 Å². The number of piperazine rings is 1. The average Bonchev–Trinajstić information content (AvgIpc) is 3.33. The number of hydrogen-bond acceptors (Lipinski definition) is 7. The van der Waals surface area contributed by atoms with E-state index in [0.717, 1.165) is 30.9 Å². The lowest BCUT2D eigenvalue weighted by Gasteiger charge is -2.45. The molecule has 0 saturated carbocycles. The zero-order chi connectivity index (χ0) is 23.4. The number of aromatic nitrogens is 4. The molecule has 1 aromatic carbocycles. The number of carbonyl (C=O) groups is 1. The predicted octanol–water partition coefficient (Wildman–Crippen LogP) is 1.15. The molecule has 1 fully saturated rings. The molecule has 1 amide bonds. The Labute approximate surface area is 192 Å². The van der Waals surface area contributed by atoms with Crippen molar-refractivity contribution in [3.05, 3.63) is 64.0 Å². The zero-order valence-electron chi connectivity index (χ0n) is 18.4. The van der Waals surface area contributed by atoms with Gasteiger partial charge in [0, 0.05) is 33.2 Å². The minimum atomic E-state index is -0.427.